The largest absolute Gasteiger partial charge is 0.325 e. The van der Waals surface area contributed by atoms with E-state index in [9.17, 15) is 4.79 Å². The molecule has 0 spiro atoms. The molecule has 1 fully saturated rings. The molecule has 1 amide bonds. The highest BCUT2D eigenvalue weighted by molar-refractivity contribution is 5.95. The van der Waals surface area contributed by atoms with Crippen molar-refractivity contribution in [2.45, 2.75) is 39.2 Å². The first-order valence-corrected chi connectivity index (χ1v) is 6.28. The standard InChI is InChI=1S/C14H20N2O.ClH/c1-10-6-7-12(9-11(10)2)16-14(17)13-5-3-4-8-15-13;/h6-7,9,13,15H,3-5,8H2,1-2H3,(H,16,17);1H/t13-;/m1./s1. The number of halogens is 1. The number of rotatable bonds is 2. The van der Waals surface area contributed by atoms with Crippen LogP contribution in [0.2, 0.25) is 0 Å². The van der Waals surface area contributed by atoms with Crippen LogP contribution in [0.4, 0.5) is 5.69 Å². The minimum absolute atomic E-state index is 0. The van der Waals surface area contributed by atoms with Crippen LogP contribution in [-0.2, 0) is 4.79 Å². The molecule has 1 atom stereocenters. The first-order chi connectivity index (χ1) is 8.16. The quantitative estimate of drug-likeness (QED) is 0.866. The summed E-state index contributed by atoms with van der Waals surface area (Å²) in [5.41, 5.74) is 3.35. The summed E-state index contributed by atoms with van der Waals surface area (Å²) in [6.45, 7) is 5.08. The van der Waals surface area contributed by atoms with Gasteiger partial charge in [-0.2, -0.15) is 0 Å². The van der Waals surface area contributed by atoms with Crippen LogP contribution in [0.3, 0.4) is 0 Å². The highest BCUT2D eigenvalue weighted by Gasteiger charge is 2.20. The Balaban J connectivity index is 0.00000162. The van der Waals surface area contributed by atoms with Crippen molar-refractivity contribution in [1.29, 1.82) is 0 Å². The Morgan fingerprint density at radius 2 is 2.06 bits per heavy atom. The van der Waals surface area contributed by atoms with Gasteiger partial charge in [0, 0.05) is 5.69 Å². The summed E-state index contributed by atoms with van der Waals surface area (Å²) in [7, 11) is 0. The summed E-state index contributed by atoms with van der Waals surface area (Å²) in [5, 5.41) is 6.23. The number of amides is 1. The van der Waals surface area contributed by atoms with Crippen molar-refractivity contribution in [1.82, 2.24) is 5.32 Å². The van der Waals surface area contributed by atoms with Crippen LogP contribution in [0.25, 0.3) is 0 Å². The Kier molecular flexibility index (Phi) is 5.63. The summed E-state index contributed by atoms with van der Waals surface area (Å²) >= 11 is 0. The molecule has 18 heavy (non-hydrogen) atoms. The SMILES string of the molecule is Cc1ccc(NC(=O)[C@H]2CCCCN2)cc1C.Cl. The molecule has 0 aromatic heterocycles. The molecule has 0 bridgehead atoms. The van der Waals surface area contributed by atoms with E-state index in [1.807, 2.05) is 18.2 Å². The molecule has 1 aromatic rings. The van der Waals surface area contributed by atoms with E-state index in [-0.39, 0.29) is 24.4 Å². The van der Waals surface area contributed by atoms with Gasteiger partial charge in [0.1, 0.15) is 0 Å². The van der Waals surface area contributed by atoms with Crippen molar-refractivity contribution in [3.05, 3.63) is 29.3 Å². The van der Waals surface area contributed by atoms with Gasteiger partial charge in [0.25, 0.3) is 0 Å². The van der Waals surface area contributed by atoms with Crippen LogP contribution >= 0.6 is 12.4 Å². The van der Waals surface area contributed by atoms with Gasteiger partial charge in [-0.3, -0.25) is 4.79 Å². The first kappa shape index (κ1) is 15.0. The fourth-order valence-electron chi connectivity index (χ4n) is 2.12. The molecule has 100 valence electrons. The maximum Gasteiger partial charge on any atom is 0.241 e. The van der Waals surface area contributed by atoms with E-state index in [0.29, 0.717) is 0 Å². The van der Waals surface area contributed by atoms with Crippen molar-refractivity contribution in [2.75, 3.05) is 11.9 Å². The number of hydrogen-bond donors (Lipinski definition) is 2. The minimum Gasteiger partial charge on any atom is -0.325 e. The monoisotopic (exact) mass is 268 g/mol. The highest BCUT2D eigenvalue weighted by Crippen LogP contribution is 2.15. The lowest BCUT2D eigenvalue weighted by Crippen LogP contribution is -2.43. The Bertz CT molecular complexity index is 414. The van der Waals surface area contributed by atoms with Crippen molar-refractivity contribution in [2.24, 2.45) is 0 Å². The molecule has 1 saturated heterocycles. The number of benzene rings is 1. The molecule has 4 heteroatoms. The maximum absolute atomic E-state index is 12.0. The topological polar surface area (TPSA) is 41.1 Å². The second-order valence-electron chi connectivity index (χ2n) is 4.79. The molecule has 0 saturated carbocycles. The van der Waals surface area contributed by atoms with Crippen LogP contribution < -0.4 is 10.6 Å². The zero-order valence-electron chi connectivity index (χ0n) is 11.0. The minimum atomic E-state index is -0.0228. The predicted octanol–water partition coefficient (Wildman–Crippen LogP) is 2.81. The van der Waals surface area contributed by atoms with E-state index < -0.39 is 0 Å². The third-order valence-electron chi connectivity index (χ3n) is 3.40. The number of hydrogen-bond acceptors (Lipinski definition) is 2. The summed E-state index contributed by atoms with van der Waals surface area (Å²) < 4.78 is 0. The predicted molar refractivity (Wildman–Crippen MR) is 77.4 cm³/mol. The molecule has 3 nitrogen and oxygen atoms in total. The number of carbonyl (C=O) groups excluding carboxylic acids is 1. The van der Waals surface area contributed by atoms with Gasteiger partial charge in [0.15, 0.2) is 0 Å². The molecule has 0 radical (unpaired) electrons. The number of piperidine rings is 1. The number of carbonyl (C=O) groups is 1. The molecular formula is C14H21ClN2O. The average Bonchev–Trinajstić information content (AvgIpc) is 2.35. The molecule has 0 aliphatic carbocycles. The van der Waals surface area contributed by atoms with Gasteiger partial charge in [-0.05, 0) is 56.5 Å². The van der Waals surface area contributed by atoms with E-state index in [1.165, 1.54) is 17.5 Å². The van der Waals surface area contributed by atoms with E-state index in [4.69, 9.17) is 0 Å². The van der Waals surface area contributed by atoms with Gasteiger partial charge >= 0.3 is 0 Å². The summed E-state index contributed by atoms with van der Waals surface area (Å²) in [6.07, 6.45) is 3.25. The van der Waals surface area contributed by atoms with Crippen LogP contribution in [0, 0.1) is 13.8 Å². The van der Waals surface area contributed by atoms with Gasteiger partial charge in [-0.1, -0.05) is 12.5 Å². The Hall–Kier alpha value is -1.06. The lowest BCUT2D eigenvalue weighted by Gasteiger charge is -2.22. The molecule has 0 unspecified atom stereocenters. The number of anilines is 1. The summed E-state index contributed by atoms with van der Waals surface area (Å²) in [4.78, 5) is 12.0. The van der Waals surface area contributed by atoms with Gasteiger partial charge < -0.3 is 10.6 Å². The van der Waals surface area contributed by atoms with Crippen molar-refractivity contribution in [3.63, 3.8) is 0 Å². The third-order valence-corrected chi connectivity index (χ3v) is 3.40. The molecule has 1 heterocycles. The molecule has 1 aliphatic rings. The maximum atomic E-state index is 12.0. The lowest BCUT2D eigenvalue weighted by atomic mass is 10.0. The van der Waals surface area contributed by atoms with Crippen molar-refractivity contribution >= 4 is 24.0 Å². The Morgan fingerprint density at radius 1 is 1.28 bits per heavy atom. The fourth-order valence-corrected chi connectivity index (χ4v) is 2.12. The van der Waals surface area contributed by atoms with Gasteiger partial charge in [0.05, 0.1) is 6.04 Å². The molecular weight excluding hydrogens is 248 g/mol. The Labute approximate surface area is 115 Å². The van der Waals surface area contributed by atoms with Crippen molar-refractivity contribution in [3.8, 4) is 0 Å². The van der Waals surface area contributed by atoms with Crippen LogP contribution in [0.15, 0.2) is 18.2 Å². The molecule has 1 aliphatic heterocycles. The van der Waals surface area contributed by atoms with Gasteiger partial charge in [-0.15, -0.1) is 12.4 Å². The average molecular weight is 269 g/mol. The Morgan fingerprint density at radius 3 is 2.67 bits per heavy atom. The third kappa shape index (κ3) is 3.72. The van der Waals surface area contributed by atoms with E-state index in [1.54, 1.807) is 0 Å². The zero-order valence-corrected chi connectivity index (χ0v) is 11.8. The van der Waals surface area contributed by atoms with Gasteiger partial charge in [-0.25, -0.2) is 0 Å². The molecule has 2 rings (SSSR count). The van der Waals surface area contributed by atoms with Crippen LogP contribution in [0.5, 0.6) is 0 Å². The normalized spacial score (nSPS) is 18.9. The van der Waals surface area contributed by atoms with E-state index in [2.05, 4.69) is 24.5 Å². The number of aryl methyl sites for hydroxylation is 2. The van der Waals surface area contributed by atoms with E-state index >= 15 is 0 Å². The van der Waals surface area contributed by atoms with E-state index in [0.717, 1.165) is 25.1 Å². The fraction of sp³-hybridized carbons (Fsp3) is 0.500. The highest BCUT2D eigenvalue weighted by atomic mass is 35.5. The van der Waals surface area contributed by atoms with Crippen LogP contribution in [0.1, 0.15) is 30.4 Å². The summed E-state index contributed by atoms with van der Waals surface area (Å²) in [5.74, 6) is 0.0907. The summed E-state index contributed by atoms with van der Waals surface area (Å²) in [6, 6.07) is 6.00. The smallest absolute Gasteiger partial charge is 0.241 e. The lowest BCUT2D eigenvalue weighted by molar-refractivity contribution is -0.118. The first-order valence-electron chi connectivity index (χ1n) is 6.28. The van der Waals surface area contributed by atoms with Crippen LogP contribution in [-0.4, -0.2) is 18.5 Å². The second-order valence-corrected chi connectivity index (χ2v) is 4.79. The molecule has 1 aromatic carbocycles. The number of nitrogens with one attached hydrogen (secondary N) is 2. The second kappa shape index (κ2) is 6.76. The molecule has 2 N–H and O–H groups in total. The zero-order chi connectivity index (χ0) is 12.3. The van der Waals surface area contributed by atoms with Gasteiger partial charge in [0.2, 0.25) is 5.91 Å². The van der Waals surface area contributed by atoms with Crippen molar-refractivity contribution < 1.29 is 4.79 Å².